The zero-order valence-corrected chi connectivity index (χ0v) is 11.5. The average Bonchev–Trinajstić information content (AvgIpc) is 2.40. The van der Waals surface area contributed by atoms with Crippen molar-refractivity contribution in [1.82, 2.24) is 0 Å². The van der Waals surface area contributed by atoms with Crippen LogP contribution in [0.3, 0.4) is 0 Å². The first kappa shape index (κ1) is 14.9. The number of halogens is 2. The molecule has 21 heavy (non-hydrogen) atoms. The van der Waals surface area contributed by atoms with Gasteiger partial charge in [0.05, 0.1) is 11.3 Å². The third-order valence-electron chi connectivity index (χ3n) is 2.84. The molecule has 0 aliphatic rings. The minimum absolute atomic E-state index is 0.0871. The monoisotopic (exact) mass is 308 g/mol. The number of rotatable bonds is 3. The SMILES string of the molecule is N#Cc1cccc(CS(=O)(=O)c2ccc(N)cc2F)c1F. The fourth-order valence-electron chi connectivity index (χ4n) is 1.83. The van der Waals surface area contributed by atoms with Gasteiger partial charge in [0.25, 0.3) is 0 Å². The summed E-state index contributed by atoms with van der Waals surface area (Å²) in [6.07, 6.45) is 0. The number of nitrogens with two attached hydrogens (primary N) is 1. The summed E-state index contributed by atoms with van der Waals surface area (Å²) in [5.41, 5.74) is 4.99. The molecule has 2 aromatic rings. The molecule has 0 atom stereocenters. The molecule has 0 bridgehead atoms. The standard InChI is InChI=1S/C14H10F2N2O2S/c15-12-6-11(18)4-5-13(12)21(19,20)8-10-3-1-2-9(7-17)14(10)16/h1-6H,8,18H2. The fourth-order valence-corrected chi connectivity index (χ4v) is 3.25. The van der Waals surface area contributed by atoms with E-state index in [1.54, 1.807) is 6.07 Å². The van der Waals surface area contributed by atoms with E-state index in [2.05, 4.69) is 0 Å². The second-order valence-electron chi connectivity index (χ2n) is 4.34. The van der Waals surface area contributed by atoms with Crippen LogP contribution in [-0.2, 0) is 15.6 Å². The van der Waals surface area contributed by atoms with Crippen LogP contribution in [0.25, 0.3) is 0 Å². The van der Waals surface area contributed by atoms with Gasteiger partial charge in [0.1, 0.15) is 22.6 Å². The maximum atomic E-state index is 13.9. The van der Waals surface area contributed by atoms with Gasteiger partial charge < -0.3 is 5.73 Å². The highest BCUT2D eigenvalue weighted by Gasteiger charge is 2.22. The van der Waals surface area contributed by atoms with Crippen LogP contribution in [0.15, 0.2) is 41.3 Å². The van der Waals surface area contributed by atoms with Crippen molar-refractivity contribution >= 4 is 15.5 Å². The van der Waals surface area contributed by atoms with Gasteiger partial charge in [-0.25, -0.2) is 17.2 Å². The summed E-state index contributed by atoms with van der Waals surface area (Å²) >= 11 is 0. The predicted octanol–water partition coefficient (Wildman–Crippen LogP) is 2.39. The van der Waals surface area contributed by atoms with Gasteiger partial charge in [0.15, 0.2) is 9.84 Å². The number of hydrogen-bond donors (Lipinski definition) is 1. The lowest BCUT2D eigenvalue weighted by Crippen LogP contribution is -2.09. The van der Waals surface area contributed by atoms with Crippen molar-refractivity contribution in [3.63, 3.8) is 0 Å². The van der Waals surface area contributed by atoms with Gasteiger partial charge in [-0.1, -0.05) is 12.1 Å². The maximum absolute atomic E-state index is 13.9. The molecule has 0 saturated heterocycles. The van der Waals surface area contributed by atoms with Crippen molar-refractivity contribution in [2.24, 2.45) is 0 Å². The first-order chi connectivity index (χ1) is 9.85. The Labute approximate surface area is 120 Å². The van der Waals surface area contributed by atoms with E-state index in [0.29, 0.717) is 0 Å². The van der Waals surface area contributed by atoms with Gasteiger partial charge in [-0.3, -0.25) is 0 Å². The summed E-state index contributed by atoms with van der Waals surface area (Å²) < 4.78 is 51.9. The van der Waals surface area contributed by atoms with Gasteiger partial charge >= 0.3 is 0 Å². The normalized spacial score (nSPS) is 11.1. The zero-order chi connectivity index (χ0) is 15.6. The number of hydrogen-bond acceptors (Lipinski definition) is 4. The topological polar surface area (TPSA) is 84.0 Å². The molecule has 0 aliphatic carbocycles. The third-order valence-corrected chi connectivity index (χ3v) is 4.53. The summed E-state index contributed by atoms with van der Waals surface area (Å²) in [7, 11) is -4.09. The average molecular weight is 308 g/mol. The molecule has 4 nitrogen and oxygen atoms in total. The van der Waals surface area contributed by atoms with Crippen molar-refractivity contribution < 1.29 is 17.2 Å². The molecule has 2 N–H and O–H groups in total. The Balaban J connectivity index is 2.45. The summed E-state index contributed by atoms with van der Waals surface area (Å²) in [5.74, 6) is -2.65. The van der Waals surface area contributed by atoms with Crippen LogP contribution in [0.1, 0.15) is 11.1 Å². The molecule has 7 heteroatoms. The number of anilines is 1. The van der Waals surface area contributed by atoms with E-state index in [-0.39, 0.29) is 16.8 Å². The Morgan fingerprint density at radius 2 is 1.90 bits per heavy atom. The highest BCUT2D eigenvalue weighted by atomic mass is 32.2. The molecule has 0 aromatic heterocycles. The summed E-state index contributed by atoms with van der Waals surface area (Å²) in [5, 5.41) is 8.72. The molecule has 0 amide bonds. The van der Waals surface area contributed by atoms with Crippen LogP contribution in [-0.4, -0.2) is 8.42 Å². The Kier molecular flexibility index (Phi) is 3.91. The van der Waals surface area contributed by atoms with Gasteiger partial charge in [-0.2, -0.15) is 5.26 Å². The van der Waals surface area contributed by atoms with Crippen molar-refractivity contribution in [2.45, 2.75) is 10.6 Å². The van der Waals surface area contributed by atoms with Gasteiger partial charge in [0, 0.05) is 11.3 Å². The van der Waals surface area contributed by atoms with Crippen LogP contribution in [0.2, 0.25) is 0 Å². The summed E-state index contributed by atoms with van der Waals surface area (Å²) in [4.78, 5) is -0.557. The zero-order valence-electron chi connectivity index (χ0n) is 10.7. The number of benzene rings is 2. The van der Waals surface area contributed by atoms with Crippen LogP contribution >= 0.6 is 0 Å². The smallest absolute Gasteiger partial charge is 0.185 e. The number of sulfone groups is 1. The van der Waals surface area contributed by atoms with Crippen molar-refractivity contribution in [3.05, 3.63) is 59.2 Å². The highest BCUT2D eigenvalue weighted by molar-refractivity contribution is 7.90. The van der Waals surface area contributed by atoms with E-state index in [1.807, 2.05) is 0 Å². The van der Waals surface area contributed by atoms with E-state index in [4.69, 9.17) is 11.0 Å². The quantitative estimate of drug-likeness (QED) is 0.882. The Hall–Kier alpha value is -2.46. The van der Waals surface area contributed by atoms with E-state index < -0.39 is 32.1 Å². The molecular formula is C14H10F2N2O2S. The van der Waals surface area contributed by atoms with Crippen molar-refractivity contribution in [2.75, 3.05) is 5.73 Å². The van der Waals surface area contributed by atoms with Crippen molar-refractivity contribution in [1.29, 1.82) is 5.26 Å². The molecule has 2 aromatic carbocycles. The molecule has 0 fully saturated rings. The second-order valence-corrected chi connectivity index (χ2v) is 6.30. The minimum Gasteiger partial charge on any atom is -0.399 e. The minimum atomic E-state index is -4.09. The van der Waals surface area contributed by atoms with Crippen LogP contribution in [0, 0.1) is 23.0 Å². The molecule has 0 saturated carbocycles. The lowest BCUT2D eigenvalue weighted by Gasteiger charge is -2.08. The molecule has 0 radical (unpaired) electrons. The Morgan fingerprint density at radius 1 is 1.19 bits per heavy atom. The Morgan fingerprint density at radius 3 is 2.52 bits per heavy atom. The molecule has 0 unspecified atom stereocenters. The van der Waals surface area contributed by atoms with Gasteiger partial charge in [-0.15, -0.1) is 0 Å². The summed E-state index contributed by atoms with van der Waals surface area (Å²) in [6.45, 7) is 0. The lowest BCUT2D eigenvalue weighted by molar-refractivity contribution is 0.563. The Bertz CT molecular complexity index is 843. The first-order valence-electron chi connectivity index (χ1n) is 5.80. The fraction of sp³-hybridized carbons (Fsp3) is 0.0714. The molecule has 108 valence electrons. The van der Waals surface area contributed by atoms with Gasteiger partial charge in [-0.05, 0) is 24.3 Å². The number of nitrogen functional groups attached to an aromatic ring is 1. The van der Waals surface area contributed by atoms with Crippen LogP contribution < -0.4 is 5.73 Å². The van der Waals surface area contributed by atoms with Gasteiger partial charge in [0.2, 0.25) is 0 Å². The third kappa shape index (κ3) is 3.01. The number of nitrogens with zero attached hydrogens (tertiary/aromatic N) is 1. The molecular weight excluding hydrogens is 298 g/mol. The largest absolute Gasteiger partial charge is 0.399 e. The molecule has 0 heterocycles. The van der Waals surface area contributed by atoms with E-state index in [0.717, 1.165) is 12.1 Å². The predicted molar refractivity (Wildman–Crippen MR) is 72.8 cm³/mol. The van der Waals surface area contributed by atoms with Crippen LogP contribution in [0.5, 0.6) is 0 Å². The maximum Gasteiger partial charge on any atom is 0.185 e. The molecule has 0 aliphatic heterocycles. The van der Waals surface area contributed by atoms with E-state index in [9.17, 15) is 17.2 Å². The van der Waals surface area contributed by atoms with Crippen LogP contribution in [0.4, 0.5) is 14.5 Å². The first-order valence-corrected chi connectivity index (χ1v) is 7.45. The number of nitriles is 1. The lowest BCUT2D eigenvalue weighted by atomic mass is 10.1. The van der Waals surface area contributed by atoms with Crippen molar-refractivity contribution in [3.8, 4) is 6.07 Å². The summed E-state index contributed by atoms with van der Waals surface area (Å²) in [6, 6.07) is 8.62. The highest BCUT2D eigenvalue weighted by Crippen LogP contribution is 2.23. The second kappa shape index (κ2) is 5.50. The molecule has 2 rings (SSSR count). The molecule has 0 spiro atoms. The van der Waals surface area contributed by atoms with E-state index in [1.165, 1.54) is 24.3 Å². The van der Waals surface area contributed by atoms with E-state index >= 15 is 0 Å².